The molecular formula is C14H28N2. The molecule has 0 saturated heterocycles. The van der Waals surface area contributed by atoms with Crippen molar-refractivity contribution >= 4 is 0 Å². The normalized spacial score (nSPS) is 22.7. The molecular weight excluding hydrogens is 196 g/mol. The second-order valence-electron chi connectivity index (χ2n) is 5.94. The summed E-state index contributed by atoms with van der Waals surface area (Å²) in [7, 11) is 2.05. The molecule has 0 aliphatic heterocycles. The van der Waals surface area contributed by atoms with E-state index in [0.717, 1.165) is 17.9 Å². The maximum Gasteiger partial charge on any atom is 0.00676 e. The second kappa shape index (κ2) is 6.02. The average molecular weight is 224 g/mol. The van der Waals surface area contributed by atoms with E-state index in [4.69, 9.17) is 0 Å². The van der Waals surface area contributed by atoms with E-state index >= 15 is 0 Å². The molecule has 2 nitrogen and oxygen atoms in total. The van der Waals surface area contributed by atoms with Gasteiger partial charge in [-0.1, -0.05) is 0 Å². The highest BCUT2D eigenvalue weighted by Crippen LogP contribution is 2.34. The number of hydrogen-bond donors (Lipinski definition) is 1. The van der Waals surface area contributed by atoms with E-state index in [0.29, 0.717) is 0 Å². The molecule has 0 radical (unpaired) electrons. The van der Waals surface area contributed by atoms with E-state index in [-0.39, 0.29) is 0 Å². The van der Waals surface area contributed by atoms with Gasteiger partial charge in [-0.25, -0.2) is 0 Å². The smallest absolute Gasteiger partial charge is 0.00676 e. The van der Waals surface area contributed by atoms with Crippen molar-refractivity contribution in [2.24, 2.45) is 11.8 Å². The molecule has 0 aromatic rings. The minimum atomic E-state index is 0.801. The number of nitrogens with zero attached hydrogens (tertiary/aromatic N) is 1. The minimum Gasteiger partial charge on any atom is -0.320 e. The summed E-state index contributed by atoms with van der Waals surface area (Å²) in [5.74, 6) is 2.09. The van der Waals surface area contributed by atoms with Gasteiger partial charge in [-0.2, -0.15) is 0 Å². The highest BCUT2D eigenvalue weighted by Gasteiger charge is 2.30. The number of rotatable bonds is 9. The Labute approximate surface area is 101 Å². The Morgan fingerprint density at radius 2 is 1.69 bits per heavy atom. The van der Waals surface area contributed by atoms with Crippen LogP contribution >= 0.6 is 0 Å². The van der Waals surface area contributed by atoms with Crippen LogP contribution in [0.5, 0.6) is 0 Å². The van der Waals surface area contributed by atoms with Crippen LogP contribution in [0, 0.1) is 11.8 Å². The van der Waals surface area contributed by atoms with Gasteiger partial charge in [0, 0.05) is 19.1 Å². The Hall–Kier alpha value is -0.0800. The van der Waals surface area contributed by atoms with E-state index < -0.39 is 0 Å². The fourth-order valence-electron chi connectivity index (χ4n) is 2.46. The van der Waals surface area contributed by atoms with Crippen LogP contribution in [0.1, 0.15) is 45.4 Å². The van der Waals surface area contributed by atoms with E-state index in [9.17, 15) is 0 Å². The summed E-state index contributed by atoms with van der Waals surface area (Å²) in [5.41, 5.74) is 0. The van der Waals surface area contributed by atoms with Crippen molar-refractivity contribution in [3.63, 3.8) is 0 Å². The van der Waals surface area contributed by atoms with Crippen LogP contribution in [-0.2, 0) is 0 Å². The summed E-state index contributed by atoms with van der Waals surface area (Å²) < 4.78 is 0. The number of hydrogen-bond acceptors (Lipinski definition) is 2. The zero-order valence-electron chi connectivity index (χ0n) is 11.0. The maximum absolute atomic E-state index is 3.25. The van der Waals surface area contributed by atoms with Crippen LogP contribution in [0.3, 0.4) is 0 Å². The Morgan fingerprint density at radius 1 is 1.12 bits per heavy atom. The molecule has 0 aromatic heterocycles. The summed E-state index contributed by atoms with van der Waals surface area (Å²) in [6.07, 6.45) is 8.65. The first-order valence-electron chi connectivity index (χ1n) is 7.18. The topological polar surface area (TPSA) is 15.3 Å². The van der Waals surface area contributed by atoms with Gasteiger partial charge in [0.1, 0.15) is 0 Å². The molecule has 0 spiro atoms. The molecule has 1 N–H and O–H groups in total. The first-order valence-corrected chi connectivity index (χ1v) is 7.18. The molecule has 0 aromatic carbocycles. The lowest BCUT2D eigenvalue weighted by molar-refractivity contribution is 0.181. The molecule has 1 unspecified atom stereocenters. The van der Waals surface area contributed by atoms with Gasteiger partial charge in [0.15, 0.2) is 0 Å². The third-order valence-corrected chi connectivity index (χ3v) is 4.05. The van der Waals surface area contributed by atoms with E-state index in [2.05, 4.69) is 24.2 Å². The van der Waals surface area contributed by atoms with Gasteiger partial charge in [-0.15, -0.1) is 0 Å². The molecule has 2 saturated carbocycles. The Morgan fingerprint density at radius 3 is 2.12 bits per heavy atom. The molecule has 2 rings (SSSR count). The van der Waals surface area contributed by atoms with Gasteiger partial charge in [-0.05, 0) is 70.9 Å². The molecule has 1 atom stereocenters. The zero-order chi connectivity index (χ0) is 11.4. The predicted molar refractivity (Wildman–Crippen MR) is 69.6 cm³/mol. The van der Waals surface area contributed by atoms with Gasteiger partial charge in [0.25, 0.3) is 0 Å². The van der Waals surface area contributed by atoms with Crippen LogP contribution in [-0.4, -0.2) is 37.6 Å². The summed E-state index contributed by atoms with van der Waals surface area (Å²) in [5, 5.41) is 3.25. The lowest BCUT2D eigenvalue weighted by Crippen LogP contribution is -2.36. The van der Waals surface area contributed by atoms with Crippen molar-refractivity contribution in [1.29, 1.82) is 0 Å². The Balaban J connectivity index is 1.68. The first kappa shape index (κ1) is 12.4. The molecule has 0 amide bonds. The van der Waals surface area contributed by atoms with Crippen molar-refractivity contribution in [2.45, 2.75) is 51.5 Å². The van der Waals surface area contributed by atoms with E-state index in [1.807, 2.05) is 0 Å². The molecule has 16 heavy (non-hydrogen) atoms. The largest absolute Gasteiger partial charge is 0.320 e. The molecule has 2 aliphatic rings. The second-order valence-corrected chi connectivity index (χ2v) is 5.94. The Kier molecular flexibility index (Phi) is 4.66. The van der Waals surface area contributed by atoms with Gasteiger partial charge in [0.2, 0.25) is 0 Å². The summed E-state index contributed by atoms with van der Waals surface area (Å²) >= 11 is 0. The monoisotopic (exact) mass is 224 g/mol. The molecule has 2 aliphatic carbocycles. The molecule has 0 heterocycles. The van der Waals surface area contributed by atoms with Crippen molar-refractivity contribution in [3.05, 3.63) is 0 Å². The summed E-state index contributed by atoms with van der Waals surface area (Å²) in [6, 6.07) is 0.801. The fraction of sp³-hybridized carbons (Fsp3) is 1.00. The van der Waals surface area contributed by atoms with Gasteiger partial charge >= 0.3 is 0 Å². The van der Waals surface area contributed by atoms with Crippen LogP contribution in [0.25, 0.3) is 0 Å². The van der Waals surface area contributed by atoms with E-state index in [1.165, 1.54) is 58.2 Å². The number of nitrogens with one attached hydrogen (secondary N) is 1. The van der Waals surface area contributed by atoms with Gasteiger partial charge in [-0.3, -0.25) is 0 Å². The summed E-state index contributed by atoms with van der Waals surface area (Å²) in [4.78, 5) is 2.78. The molecule has 94 valence electrons. The van der Waals surface area contributed by atoms with Crippen molar-refractivity contribution in [2.75, 3.05) is 26.7 Å². The average Bonchev–Trinajstić information content (AvgIpc) is 3.11. The highest BCUT2D eigenvalue weighted by molar-refractivity contribution is 4.84. The predicted octanol–water partition coefficient (Wildman–Crippen LogP) is 2.50. The molecule has 0 bridgehead atoms. The van der Waals surface area contributed by atoms with Crippen molar-refractivity contribution in [1.82, 2.24) is 10.2 Å². The maximum atomic E-state index is 3.25. The third kappa shape index (κ3) is 4.42. The van der Waals surface area contributed by atoms with E-state index in [1.54, 1.807) is 0 Å². The highest BCUT2D eigenvalue weighted by atomic mass is 15.2. The van der Waals surface area contributed by atoms with Crippen molar-refractivity contribution in [3.8, 4) is 0 Å². The minimum absolute atomic E-state index is 0.801. The lowest BCUT2D eigenvalue weighted by Gasteiger charge is -2.29. The fourth-order valence-corrected chi connectivity index (χ4v) is 2.46. The third-order valence-electron chi connectivity index (χ3n) is 4.05. The lowest BCUT2D eigenvalue weighted by atomic mass is 10.1. The Bertz CT molecular complexity index is 183. The van der Waals surface area contributed by atoms with Crippen LogP contribution < -0.4 is 5.32 Å². The molecule has 2 heteroatoms. The zero-order valence-corrected chi connectivity index (χ0v) is 11.0. The van der Waals surface area contributed by atoms with Gasteiger partial charge in [0.05, 0.1) is 0 Å². The molecule has 2 fully saturated rings. The van der Waals surface area contributed by atoms with Crippen LogP contribution in [0.15, 0.2) is 0 Å². The van der Waals surface area contributed by atoms with Crippen molar-refractivity contribution < 1.29 is 0 Å². The standard InChI is InChI=1S/C14H28N2/c1-12(4-3-9-15-2)16(10-13-5-6-13)11-14-7-8-14/h12-15H,3-11H2,1-2H3. The SMILES string of the molecule is CNCCCC(C)N(CC1CC1)CC1CC1. The first-order chi connectivity index (χ1) is 7.79. The summed E-state index contributed by atoms with van der Waals surface area (Å²) in [6.45, 7) is 6.37. The van der Waals surface area contributed by atoms with Gasteiger partial charge < -0.3 is 10.2 Å². The van der Waals surface area contributed by atoms with Crippen LogP contribution in [0.4, 0.5) is 0 Å². The quantitative estimate of drug-likeness (QED) is 0.605. The van der Waals surface area contributed by atoms with Crippen LogP contribution in [0.2, 0.25) is 0 Å².